The zero-order valence-electron chi connectivity index (χ0n) is 25.3. The van der Waals surface area contributed by atoms with E-state index in [2.05, 4.69) is 5.32 Å². The number of amides is 2. The van der Waals surface area contributed by atoms with Crippen LogP contribution in [0.5, 0.6) is 5.75 Å². The Bertz CT molecular complexity index is 1610. The number of sulfonamides is 1. The maximum Gasteiger partial charge on any atom is 0.264 e. The molecule has 0 aromatic heterocycles. The molecule has 0 spiro atoms. The Hall–Kier alpha value is -4.63. The quantitative estimate of drug-likeness (QED) is 0.208. The molecule has 44 heavy (non-hydrogen) atoms. The van der Waals surface area contributed by atoms with Crippen LogP contribution in [0.15, 0.2) is 120 Å². The van der Waals surface area contributed by atoms with Crippen molar-refractivity contribution >= 4 is 27.5 Å². The van der Waals surface area contributed by atoms with Gasteiger partial charge in [0.2, 0.25) is 11.8 Å². The molecule has 9 heteroatoms. The highest BCUT2D eigenvalue weighted by Gasteiger charge is 2.34. The Morgan fingerprint density at radius 2 is 1.39 bits per heavy atom. The summed E-state index contributed by atoms with van der Waals surface area (Å²) in [5.74, 6) is -0.170. The Morgan fingerprint density at radius 3 is 1.98 bits per heavy atom. The Kier molecular flexibility index (Phi) is 11.2. The number of methoxy groups -OCH3 is 1. The molecule has 0 aliphatic rings. The van der Waals surface area contributed by atoms with E-state index in [1.54, 1.807) is 42.5 Å². The second-order valence-electron chi connectivity index (χ2n) is 10.9. The van der Waals surface area contributed by atoms with Crippen molar-refractivity contribution in [1.82, 2.24) is 10.2 Å². The number of carbonyl (C=O) groups excluding carboxylic acids is 2. The number of hydrogen-bond acceptors (Lipinski definition) is 5. The molecule has 230 valence electrons. The summed E-state index contributed by atoms with van der Waals surface area (Å²) < 4.78 is 34.6. The summed E-state index contributed by atoms with van der Waals surface area (Å²) >= 11 is 0. The van der Waals surface area contributed by atoms with E-state index in [1.165, 1.54) is 24.1 Å². The van der Waals surface area contributed by atoms with Gasteiger partial charge in [-0.25, -0.2) is 8.42 Å². The van der Waals surface area contributed by atoms with Crippen LogP contribution in [0, 0.1) is 5.92 Å². The maximum absolute atomic E-state index is 14.4. The van der Waals surface area contributed by atoms with Gasteiger partial charge in [-0.15, -0.1) is 0 Å². The van der Waals surface area contributed by atoms with E-state index in [1.807, 2.05) is 74.5 Å². The fourth-order valence-corrected chi connectivity index (χ4v) is 6.20. The van der Waals surface area contributed by atoms with E-state index in [-0.39, 0.29) is 35.4 Å². The van der Waals surface area contributed by atoms with E-state index in [9.17, 15) is 18.0 Å². The summed E-state index contributed by atoms with van der Waals surface area (Å²) in [7, 11) is -2.69. The molecule has 2 amide bonds. The molecule has 4 aromatic carbocycles. The van der Waals surface area contributed by atoms with Crippen LogP contribution >= 0.6 is 0 Å². The first-order valence-corrected chi connectivity index (χ1v) is 16.0. The molecule has 4 aromatic rings. The fourth-order valence-electron chi connectivity index (χ4n) is 4.77. The van der Waals surface area contributed by atoms with E-state index >= 15 is 0 Å². The van der Waals surface area contributed by atoms with Gasteiger partial charge in [0, 0.05) is 25.6 Å². The SMILES string of the molecule is COc1cccc(N(CC(=O)N(Cc2ccccc2)[C@H](Cc2ccccc2)C(=O)NCC(C)C)S(=O)(=O)c2ccccc2)c1. The zero-order chi connectivity index (χ0) is 31.5. The van der Waals surface area contributed by atoms with Gasteiger partial charge in [0.25, 0.3) is 10.0 Å². The van der Waals surface area contributed by atoms with E-state index in [4.69, 9.17) is 4.74 Å². The zero-order valence-corrected chi connectivity index (χ0v) is 26.1. The first-order chi connectivity index (χ1) is 21.2. The molecular weight excluding hydrogens is 574 g/mol. The maximum atomic E-state index is 14.4. The second-order valence-corrected chi connectivity index (χ2v) is 12.7. The van der Waals surface area contributed by atoms with Gasteiger partial charge in [0.05, 0.1) is 17.7 Å². The minimum atomic E-state index is -4.18. The van der Waals surface area contributed by atoms with Crippen molar-refractivity contribution in [2.24, 2.45) is 5.92 Å². The monoisotopic (exact) mass is 613 g/mol. The van der Waals surface area contributed by atoms with Gasteiger partial charge in [-0.05, 0) is 41.3 Å². The van der Waals surface area contributed by atoms with E-state index in [0.717, 1.165) is 15.4 Å². The minimum absolute atomic E-state index is 0.0424. The van der Waals surface area contributed by atoms with Crippen molar-refractivity contribution in [3.05, 3.63) is 126 Å². The third-order valence-electron chi connectivity index (χ3n) is 7.10. The molecule has 4 rings (SSSR count). The molecule has 0 fully saturated rings. The van der Waals surface area contributed by atoms with Gasteiger partial charge < -0.3 is 15.0 Å². The molecule has 8 nitrogen and oxygen atoms in total. The van der Waals surface area contributed by atoms with E-state index in [0.29, 0.717) is 12.3 Å². The van der Waals surface area contributed by atoms with Crippen molar-refractivity contribution < 1.29 is 22.7 Å². The van der Waals surface area contributed by atoms with Gasteiger partial charge in [-0.3, -0.25) is 13.9 Å². The number of ether oxygens (including phenoxy) is 1. The second kappa shape index (κ2) is 15.2. The highest BCUT2D eigenvalue weighted by Crippen LogP contribution is 2.28. The highest BCUT2D eigenvalue weighted by atomic mass is 32.2. The van der Waals surface area contributed by atoms with Crippen molar-refractivity contribution in [2.45, 2.75) is 37.8 Å². The van der Waals surface area contributed by atoms with Crippen LogP contribution in [-0.2, 0) is 32.6 Å². The Balaban J connectivity index is 1.79. The van der Waals surface area contributed by atoms with Crippen LogP contribution in [-0.4, -0.2) is 51.4 Å². The average molecular weight is 614 g/mol. The summed E-state index contributed by atoms with van der Waals surface area (Å²) in [4.78, 5) is 29.8. The third kappa shape index (κ3) is 8.48. The third-order valence-corrected chi connectivity index (χ3v) is 8.89. The summed E-state index contributed by atoms with van der Waals surface area (Å²) in [6, 6.07) is 32.5. The predicted molar refractivity (Wildman–Crippen MR) is 173 cm³/mol. The van der Waals surface area contributed by atoms with E-state index < -0.39 is 28.5 Å². The summed E-state index contributed by atoms with van der Waals surface area (Å²) in [5.41, 5.74) is 1.96. The molecule has 0 bridgehead atoms. The van der Waals surface area contributed by atoms with Crippen LogP contribution in [0.25, 0.3) is 0 Å². The number of carbonyl (C=O) groups is 2. The van der Waals surface area contributed by atoms with Gasteiger partial charge in [0.15, 0.2) is 0 Å². The number of benzene rings is 4. The molecule has 0 saturated heterocycles. The predicted octanol–water partition coefficient (Wildman–Crippen LogP) is 5.30. The van der Waals surface area contributed by atoms with Gasteiger partial charge in [-0.2, -0.15) is 0 Å². The van der Waals surface area contributed by atoms with Crippen molar-refractivity contribution in [2.75, 3.05) is 24.5 Å². The molecule has 0 saturated carbocycles. The lowest BCUT2D eigenvalue weighted by Crippen LogP contribution is -2.53. The van der Waals surface area contributed by atoms with Crippen LogP contribution < -0.4 is 14.4 Å². The average Bonchev–Trinajstić information content (AvgIpc) is 3.05. The molecule has 0 aliphatic carbocycles. The normalized spacial score (nSPS) is 11.9. The molecule has 0 unspecified atom stereocenters. The first kappa shape index (κ1) is 32.3. The minimum Gasteiger partial charge on any atom is -0.497 e. The molecule has 1 atom stereocenters. The number of nitrogens with one attached hydrogen (secondary N) is 1. The van der Waals surface area contributed by atoms with Crippen molar-refractivity contribution in [3.63, 3.8) is 0 Å². The van der Waals surface area contributed by atoms with Crippen LogP contribution in [0.4, 0.5) is 5.69 Å². The number of rotatable bonds is 14. The molecule has 0 radical (unpaired) electrons. The summed E-state index contributed by atoms with van der Waals surface area (Å²) in [6.07, 6.45) is 0.258. The molecular formula is C35H39N3O5S. The largest absolute Gasteiger partial charge is 0.497 e. The molecule has 0 aliphatic heterocycles. The molecule has 0 heterocycles. The van der Waals surface area contributed by atoms with Crippen LogP contribution in [0.2, 0.25) is 0 Å². The molecule has 1 N–H and O–H groups in total. The van der Waals surface area contributed by atoms with Gasteiger partial charge in [-0.1, -0.05) is 98.8 Å². The van der Waals surface area contributed by atoms with Crippen LogP contribution in [0.1, 0.15) is 25.0 Å². The highest BCUT2D eigenvalue weighted by molar-refractivity contribution is 7.92. The number of anilines is 1. The lowest BCUT2D eigenvalue weighted by molar-refractivity contribution is -0.140. The summed E-state index contributed by atoms with van der Waals surface area (Å²) in [6.45, 7) is 4.03. The Morgan fingerprint density at radius 1 is 0.795 bits per heavy atom. The topological polar surface area (TPSA) is 96.0 Å². The number of nitrogens with zero attached hydrogens (tertiary/aromatic N) is 2. The van der Waals surface area contributed by atoms with Crippen LogP contribution in [0.3, 0.4) is 0 Å². The fraction of sp³-hybridized carbons (Fsp3) is 0.257. The smallest absolute Gasteiger partial charge is 0.264 e. The lowest BCUT2D eigenvalue weighted by atomic mass is 10.0. The van der Waals surface area contributed by atoms with Gasteiger partial charge >= 0.3 is 0 Å². The summed E-state index contributed by atoms with van der Waals surface area (Å²) in [5, 5.41) is 3.00. The van der Waals surface area contributed by atoms with Crippen molar-refractivity contribution in [1.29, 1.82) is 0 Å². The first-order valence-electron chi connectivity index (χ1n) is 14.6. The lowest BCUT2D eigenvalue weighted by Gasteiger charge is -2.34. The number of hydrogen-bond donors (Lipinski definition) is 1. The van der Waals surface area contributed by atoms with Gasteiger partial charge in [0.1, 0.15) is 18.3 Å². The Labute approximate surface area is 260 Å². The standard InChI is InChI=1S/C35H39N3O5S/c1-27(2)24-36-35(40)33(22-28-14-7-4-8-15-28)37(25-29-16-9-5-10-17-29)34(39)26-38(30-18-13-19-31(23-30)43-3)44(41,42)32-20-11-6-12-21-32/h4-21,23,27,33H,22,24-26H2,1-3H3,(H,36,40)/t33-/m1/s1. The van der Waals surface area contributed by atoms with Crippen molar-refractivity contribution in [3.8, 4) is 5.75 Å².